The first-order valence-corrected chi connectivity index (χ1v) is 33.7. The van der Waals surface area contributed by atoms with Crippen LogP contribution < -0.4 is 0 Å². The van der Waals surface area contributed by atoms with E-state index in [2.05, 4.69) is 326 Å². The number of aromatic nitrogens is 1. The average Bonchev–Trinajstić information content (AvgIpc) is 1.23. The van der Waals surface area contributed by atoms with Crippen LogP contribution >= 0.6 is 0 Å². The molecule has 0 amide bonds. The standard InChI is InChI=1S/C94H53NO3/c1-2-20-55-51-87-79(46-54(55)19-1)77-48-58(39-42-84(77)96-87)92-71-32-9-11-34-73(71)93(74-35-12-10-33-72(74)92)60-41-44-86-81(50-60)94-66-27-4-3-24-62(66)76(53-89(94)98-86)63-36-18-21-56-47-80-78-49-59(40-43-85(78)97-88(80)52-75(56)63)91-69-30-7-5-28-67(69)90(68-29-6-8-31-70(68)91)57-22-17-23-61(45-57)95-82-37-15-13-25-64(82)65-26-14-16-38-83(65)95/h1-53H. The third kappa shape index (κ3) is 7.65. The van der Waals surface area contributed by atoms with Gasteiger partial charge in [0.1, 0.15) is 33.5 Å². The maximum absolute atomic E-state index is 7.02. The summed E-state index contributed by atoms with van der Waals surface area (Å²) >= 11 is 0. The third-order valence-corrected chi connectivity index (χ3v) is 21.3. The van der Waals surface area contributed by atoms with Gasteiger partial charge in [-0.2, -0.15) is 0 Å². The Labute approximate surface area is 560 Å². The van der Waals surface area contributed by atoms with Gasteiger partial charge in [-0.05, 0) is 222 Å². The fourth-order valence-electron chi connectivity index (χ4n) is 17.1. The number of fused-ring (bicyclic) bond motifs is 20. The highest BCUT2D eigenvalue weighted by atomic mass is 16.3. The molecule has 22 aromatic rings. The summed E-state index contributed by atoms with van der Waals surface area (Å²) in [6.45, 7) is 0. The zero-order valence-electron chi connectivity index (χ0n) is 52.8. The molecular formula is C94H53NO3. The smallest absolute Gasteiger partial charge is 0.136 e. The Morgan fingerprint density at radius 2 is 0.561 bits per heavy atom. The van der Waals surface area contributed by atoms with E-state index in [0.29, 0.717) is 0 Å². The molecule has 0 saturated carbocycles. The summed E-state index contributed by atoms with van der Waals surface area (Å²) in [5.41, 5.74) is 20.4. The van der Waals surface area contributed by atoms with Crippen LogP contribution in [0.1, 0.15) is 0 Å². The molecule has 18 aromatic carbocycles. The molecule has 0 atom stereocenters. The van der Waals surface area contributed by atoms with Crippen molar-refractivity contribution in [1.82, 2.24) is 4.57 Å². The Morgan fingerprint density at radius 1 is 0.184 bits per heavy atom. The molecule has 0 aliphatic carbocycles. The van der Waals surface area contributed by atoms with Crippen LogP contribution in [0, 0.1) is 0 Å². The second-order valence-electron chi connectivity index (χ2n) is 26.5. The minimum absolute atomic E-state index is 0.849. The van der Waals surface area contributed by atoms with Gasteiger partial charge in [-0.25, -0.2) is 0 Å². The fraction of sp³-hybridized carbons (Fsp3) is 0. The van der Waals surface area contributed by atoms with E-state index in [1.807, 2.05) is 0 Å². The molecule has 0 radical (unpaired) electrons. The van der Waals surface area contributed by atoms with Gasteiger partial charge in [-0.1, -0.05) is 231 Å². The van der Waals surface area contributed by atoms with Gasteiger partial charge in [0, 0.05) is 48.8 Å². The molecule has 0 aliphatic rings. The molecule has 0 N–H and O–H groups in total. The van der Waals surface area contributed by atoms with Crippen LogP contribution in [-0.2, 0) is 0 Å². The largest absolute Gasteiger partial charge is 0.456 e. The Kier molecular flexibility index (Phi) is 11.0. The molecule has 0 unspecified atom stereocenters. The van der Waals surface area contributed by atoms with E-state index < -0.39 is 0 Å². The summed E-state index contributed by atoms with van der Waals surface area (Å²) in [5, 5.41) is 25.7. The van der Waals surface area contributed by atoms with Gasteiger partial charge in [0.05, 0.1) is 11.0 Å². The molecule has 0 aliphatic heterocycles. The molecule has 98 heavy (non-hydrogen) atoms. The van der Waals surface area contributed by atoms with Gasteiger partial charge in [0.2, 0.25) is 0 Å². The van der Waals surface area contributed by atoms with E-state index in [4.69, 9.17) is 13.3 Å². The van der Waals surface area contributed by atoms with Crippen LogP contribution in [0.2, 0.25) is 0 Å². The summed E-state index contributed by atoms with van der Waals surface area (Å²) in [6.07, 6.45) is 0. The summed E-state index contributed by atoms with van der Waals surface area (Å²) < 4.78 is 22.9. The molecule has 0 saturated heterocycles. The van der Waals surface area contributed by atoms with E-state index in [1.165, 1.54) is 103 Å². The number of para-hydroxylation sites is 2. The summed E-state index contributed by atoms with van der Waals surface area (Å²) in [5.74, 6) is 0. The normalized spacial score (nSPS) is 12.3. The molecule has 452 valence electrons. The molecule has 4 heteroatoms. The highest BCUT2D eigenvalue weighted by Crippen LogP contribution is 2.51. The SMILES string of the molecule is c1cc(-c2c3ccccc3c(-c3ccc4oc5cc6c(-c7cc8oc9ccc(-c%10c%11ccccc%11c(-c%11ccc%12oc%13cc%14ccccc%14cc%13c%12c%11)c%11ccccc%10%11)cc9c8c8ccccc78)cccc6cc5c4c3)c3ccccc23)cc(-n2c3ccccc3c3ccccc32)c1. The second kappa shape index (κ2) is 20.3. The molecule has 4 nitrogen and oxygen atoms in total. The molecular weight excluding hydrogens is 1190 g/mol. The predicted molar refractivity (Wildman–Crippen MR) is 412 cm³/mol. The number of hydrogen-bond acceptors (Lipinski definition) is 3. The number of hydrogen-bond donors (Lipinski definition) is 0. The van der Waals surface area contributed by atoms with E-state index in [-0.39, 0.29) is 0 Å². The lowest BCUT2D eigenvalue weighted by Gasteiger charge is -2.18. The summed E-state index contributed by atoms with van der Waals surface area (Å²) in [4.78, 5) is 0. The van der Waals surface area contributed by atoms with Crippen LogP contribution in [0.25, 0.3) is 224 Å². The summed E-state index contributed by atoms with van der Waals surface area (Å²) in [7, 11) is 0. The number of rotatable bonds is 6. The first-order valence-electron chi connectivity index (χ1n) is 33.7. The zero-order chi connectivity index (χ0) is 63.8. The van der Waals surface area contributed by atoms with E-state index in [1.54, 1.807) is 0 Å². The molecule has 4 heterocycles. The molecule has 0 bridgehead atoms. The first-order chi connectivity index (χ1) is 48.6. The Bertz CT molecular complexity index is 7090. The van der Waals surface area contributed by atoms with Gasteiger partial charge in [-0.3, -0.25) is 0 Å². The zero-order valence-corrected chi connectivity index (χ0v) is 52.8. The Morgan fingerprint density at radius 3 is 1.09 bits per heavy atom. The second-order valence-corrected chi connectivity index (χ2v) is 26.5. The van der Waals surface area contributed by atoms with Crippen molar-refractivity contribution in [2.24, 2.45) is 0 Å². The minimum Gasteiger partial charge on any atom is -0.456 e. The van der Waals surface area contributed by atoms with Crippen molar-refractivity contribution in [2.75, 3.05) is 0 Å². The molecule has 22 rings (SSSR count). The van der Waals surface area contributed by atoms with Crippen molar-refractivity contribution < 1.29 is 13.3 Å². The molecule has 0 fully saturated rings. The quantitative estimate of drug-likeness (QED) is 0.156. The molecule has 4 aromatic heterocycles. The highest BCUT2D eigenvalue weighted by Gasteiger charge is 2.24. The lowest BCUT2D eigenvalue weighted by molar-refractivity contribution is 0.669. The van der Waals surface area contributed by atoms with Crippen LogP contribution in [-0.4, -0.2) is 4.57 Å². The maximum atomic E-state index is 7.02. The predicted octanol–water partition coefficient (Wildman–Crippen LogP) is 26.9. The third-order valence-electron chi connectivity index (χ3n) is 21.3. The van der Waals surface area contributed by atoms with Crippen LogP contribution in [0.4, 0.5) is 0 Å². The fourth-order valence-corrected chi connectivity index (χ4v) is 17.1. The van der Waals surface area contributed by atoms with Crippen molar-refractivity contribution in [3.05, 3.63) is 322 Å². The van der Waals surface area contributed by atoms with Crippen molar-refractivity contribution in [2.45, 2.75) is 0 Å². The van der Waals surface area contributed by atoms with Gasteiger partial charge in [-0.15, -0.1) is 0 Å². The average molecular weight is 1240 g/mol. The van der Waals surface area contributed by atoms with Crippen molar-refractivity contribution in [3.8, 4) is 61.3 Å². The maximum Gasteiger partial charge on any atom is 0.136 e. The Balaban J connectivity index is 0.661. The number of nitrogens with zero attached hydrogens (tertiary/aromatic N) is 1. The van der Waals surface area contributed by atoms with E-state index >= 15 is 0 Å². The van der Waals surface area contributed by atoms with Gasteiger partial charge in [0.15, 0.2) is 0 Å². The van der Waals surface area contributed by atoms with E-state index in [9.17, 15) is 0 Å². The van der Waals surface area contributed by atoms with Gasteiger partial charge >= 0.3 is 0 Å². The number of furan rings is 3. The monoisotopic (exact) mass is 1240 g/mol. The summed E-state index contributed by atoms with van der Waals surface area (Å²) in [6, 6.07) is 118. The van der Waals surface area contributed by atoms with Gasteiger partial charge < -0.3 is 17.8 Å². The lowest BCUT2D eigenvalue weighted by Crippen LogP contribution is -1.95. The van der Waals surface area contributed by atoms with Crippen molar-refractivity contribution in [1.29, 1.82) is 0 Å². The van der Waals surface area contributed by atoms with Crippen LogP contribution in [0.3, 0.4) is 0 Å². The van der Waals surface area contributed by atoms with Crippen LogP contribution in [0.5, 0.6) is 0 Å². The molecule has 0 spiro atoms. The number of benzene rings is 18. The van der Waals surface area contributed by atoms with Crippen molar-refractivity contribution >= 4 is 163 Å². The van der Waals surface area contributed by atoms with E-state index in [0.717, 1.165) is 121 Å². The topological polar surface area (TPSA) is 44.4 Å². The van der Waals surface area contributed by atoms with Gasteiger partial charge in [0.25, 0.3) is 0 Å². The lowest BCUT2D eigenvalue weighted by atomic mass is 9.85. The minimum atomic E-state index is 0.849. The Hall–Kier alpha value is -13.0. The first kappa shape index (κ1) is 53.4. The van der Waals surface area contributed by atoms with Crippen molar-refractivity contribution in [3.63, 3.8) is 0 Å². The van der Waals surface area contributed by atoms with Crippen LogP contribution in [0.15, 0.2) is 335 Å². The highest BCUT2D eigenvalue weighted by molar-refractivity contribution is 6.28.